The van der Waals surface area contributed by atoms with Crippen LogP contribution in [0.3, 0.4) is 0 Å². The van der Waals surface area contributed by atoms with Crippen LogP contribution in [0.25, 0.3) is 0 Å². The third kappa shape index (κ3) is 3.39. The maximum Gasteiger partial charge on any atom is 0.0628 e. The zero-order chi connectivity index (χ0) is 13.9. The van der Waals surface area contributed by atoms with Crippen LogP contribution in [-0.2, 0) is 6.54 Å². The lowest BCUT2D eigenvalue weighted by molar-refractivity contribution is 0.414. The van der Waals surface area contributed by atoms with Gasteiger partial charge < -0.3 is 9.88 Å². The lowest BCUT2D eigenvalue weighted by Crippen LogP contribution is -2.25. The molecule has 19 heavy (non-hydrogen) atoms. The van der Waals surface area contributed by atoms with Crippen LogP contribution < -0.4 is 5.32 Å². The Morgan fingerprint density at radius 1 is 1.47 bits per heavy atom. The summed E-state index contributed by atoms with van der Waals surface area (Å²) in [7, 11) is 0. The molecule has 1 N–H and O–H groups in total. The van der Waals surface area contributed by atoms with E-state index in [-0.39, 0.29) is 5.41 Å². The summed E-state index contributed by atoms with van der Waals surface area (Å²) in [6.45, 7) is 8.65. The summed E-state index contributed by atoms with van der Waals surface area (Å²) in [4.78, 5) is 0. The van der Waals surface area contributed by atoms with E-state index in [0.29, 0.717) is 18.4 Å². The predicted octanol–water partition coefficient (Wildman–Crippen LogP) is 3.49. The van der Waals surface area contributed by atoms with Crippen molar-refractivity contribution in [2.75, 3.05) is 6.54 Å². The second-order valence-corrected chi connectivity index (χ2v) is 6.23. The highest BCUT2D eigenvalue weighted by atomic mass is 15.0. The minimum atomic E-state index is 0.274. The van der Waals surface area contributed by atoms with Crippen molar-refractivity contribution in [3.63, 3.8) is 0 Å². The van der Waals surface area contributed by atoms with Crippen LogP contribution in [0.1, 0.15) is 51.6 Å². The van der Waals surface area contributed by atoms with E-state index in [2.05, 4.69) is 55.2 Å². The van der Waals surface area contributed by atoms with Crippen molar-refractivity contribution in [2.24, 2.45) is 11.3 Å². The van der Waals surface area contributed by atoms with Crippen LogP contribution >= 0.6 is 0 Å². The SMILES string of the molecule is CCNC(c1ccn(CC2(CC#N)CC2)c1)C(C)C. The Balaban J connectivity index is 2.04. The molecule has 0 saturated heterocycles. The molecule has 104 valence electrons. The van der Waals surface area contributed by atoms with Gasteiger partial charge in [0.25, 0.3) is 0 Å². The first-order chi connectivity index (χ1) is 9.10. The Morgan fingerprint density at radius 3 is 2.74 bits per heavy atom. The van der Waals surface area contributed by atoms with E-state index in [4.69, 9.17) is 5.26 Å². The Bertz CT molecular complexity index is 449. The van der Waals surface area contributed by atoms with E-state index < -0.39 is 0 Å². The van der Waals surface area contributed by atoms with E-state index in [1.165, 1.54) is 18.4 Å². The molecule has 1 aromatic rings. The van der Waals surface area contributed by atoms with Crippen molar-refractivity contribution in [1.82, 2.24) is 9.88 Å². The third-order valence-electron chi connectivity index (χ3n) is 4.15. The van der Waals surface area contributed by atoms with Gasteiger partial charge in [-0.3, -0.25) is 0 Å². The fourth-order valence-corrected chi connectivity index (χ4v) is 2.82. The van der Waals surface area contributed by atoms with E-state index in [9.17, 15) is 0 Å². The molecule has 1 aliphatic carbocycles. The van der Waals surface area contributed by atoms with E-state index in [1.54, 1.807) is 0 Å². The number of nitriles is 1. The number of rotatable bonds is 7. The minimum Gasteiger partial charge on any atom is -0.353 e. The summed E-state index contributed by atoms with van der Waals surface area (Å²) in [5.74, 6) is 0.588. The molecular weight excluding hydrogens is 234 g/mol. The van der Waals surface area contributed by atoms with Gasteiger partial charge in [0, 0.05) is 36.8 Å². The van der Waals surface area contributed by atoms with E-state index >= 15 is 0 Å². The molecule has 0 bridgehead atoms. The van der Waals surface area contributed by atoms with Gasteiger partial charge in [-0.15, -0.1) is 0 Å². The fourth-order valence-electron chi connectivity index (χ4n) is 2.82. The molecule has 1 fully saturated rings. The van der Waals surface area contributed by atoms with Gasteiger partial charge in [-0.2, -0.15) is 5.26 Å². The molecule has 1 aromatic heterocycles. The molecule has 1 saturated carbocycles. The third-order valence-corrected chi connectivity index (χ3v) is 4.15. The topological polar surface area (TPSA) is 40.8 Å². The summed E-state index contributed by atoms with van der Waals surface area (Å²) >= 11 is 0. The molecule has 2 rings (SSSR count). The maximum atomic E-state index is 8.89. The molecule has 3 heteroatoms. The van der Waals surface area contributed by atoms with Crippen molar-refractivity contribution in [2.45, 2.75) is 52.6 Å². The normalized spacial score (nSPS) is 18.3. The van der Waals surface area contributed by atoms with Gasteiger partial charge in [0.2, 0.25) is 0 Å². The quantitative estimate of drug-likeness (QED) is 0.814. The van der Waals surface area contributed by atoms with Crippen LogP contribution in [0.15, 0.2) is 18.5 Å². The van der Waals surface area contributed by atoms with Crippen LogP contribution in [0, 0.1) is 22.7 Å². The molecule has 0 aromatic carbocycles. The van der Waals surface area contributed by atoms with Gasteiger partial charge in [-0.1, -0.05) is 20.8 Å². The second kappa shape index (κ2) is 5.79. The molecule has 1 heterocycles. The monoisotopic (exact) mass is 259 g/mol. The number of hydrogen-bond donors (Lipinski definition) is 1. The molecule has 1 aliphatic rings. The van der Waals surface area contributed by atoms with Crippen LogP contribution in [0.5, 0.6) is 0 Å². The lowest BCUT2D eigenvalue weighted by Gasteiger charge is -2.21. The molecule has 1 atom stereocenters. The van der Waals surface area contributed by atoms with Gasteiger partial charge in [0.1, 0.15) is 0 Å². The fraction of sp³-hybridized carbons (Fsp3) is 0.688. The molecule has 0 amide bonds. The summed E-state index contributed by atoms with van der Waals surface area (Å²) in [6, 6.07) is 4.98. The first kappa shape index (κ1) is 14.1. The van der Waals surface area contributed by atoms with Crippen molar-refractivity contribution >= 4 is 0 Å². The maximum absolute atomic E-state index is 8.89. The number of aromatic nitrogens is 1. The molecule has 3 nitrogen and oxygen atoms in total. The number of nitrogens with one attached hydrogen (secondary N) is 1. The van der Waals surface area contributed by atoms with Crippen LogP contribution in [0.2, 0.25) is 0 Å². The summed E-state index contributed by atoms with van der Waals surface area (Å²) in [5.41, 5.74) is 1.64. The van der Waals surface area contributed by atoms with E-state index in [0.717, 1.165) is 13.1 Å². The summed E-state index contributed by atoms with van der Waals surface area (Å²) in [6.07, 6.45) is 7.52. The number of nitrogens with zero attached hydrogens (tertiary/aromatic N) is 2. The highest BCUT2D eigenvalue weighted by molar-refractivity contribution is 5.17. The smallest absolute Gasteiger partial charge is 0.0628 e. The molecule has 0 radical (unpaired) electrons. The largest absolute Gasteiger partial charge is 0.353 e. The first-order valence-corrected chi connectivity index (χ1v) is 7.36. The Kier molecular flexibility index (Phi) is 4.31. The molecule has 1 unspecified atom stereocenters. The summed E-state index contributed by atoms with van der Waals surface area (Å²) < 4.78 is 2.27. The van der Waals surface area contributed by atoms with Gasteiger partial charge in [-0.25, -0.2) is 0 Å². The van der Waals surface area contributed by atoms with Gasteiger partial charge in [-0.05, 0) is 36.9 Å². The average molecular weight is 259 g/mol. The number of hydrogen-bond acceptors (Lipinski definition) is 2. The minimum absolute atomic E-state index is 0.274. The highest BCUT2D eigenvalue weighted by Gasteiger charge is 2.42. The predicted molar refractivity (Wildman–Crippen MR) is 77.6 cm³/mol. The summed E-state index contributed by atoms with van der Waals surface area (Å²) in [5, 5.41) is 12.4. The van der Waals surface area contributed by atoms with Crippen LogP contribution in [-0.4, -0.2) is 11.1 Å². The van der Waals surface area contributed by atoms with Crippen molar-refractivity contribution in [3.8, 4) is 6.07 Å². The Labute approximate surface area is 116 Å². The van der Waals surface area contributed by atoms with Crippen molar-refractivity contribution in [1.29, 1.82) is 5.26 Å². The van der Waals surface area contributed by atoms with Crippen LogP contribution in [0.4, 0.5) is 0 Å². The lowest BCUT2D eigenvalue weighted by atomic mass is 9.98. The highest BCUT2D eigenvalue weighted by Crippen LogP contribution is 2.50. The van der Waals surface area contributed by atoms with Gasteiger partial charge in [0.15, 0.2) is 0 Å². The van der Waals surface area contributed by atoms with E-state index in [1.807, 2.05) is 0 Å². The average Bonchev–Trinajstić information content (AvgIpc) is 2.95. The standard InChI is InChI=1S/C16H25N3/c1-4-18-15(13(2)3)14-5-10-19(11-14)12-16(6-7-16)8-9-17/h5,10-11,13,15,18H,4,6-8,12H2,1-3H3. The molecule has 0 aliphatic heterocycles. The van der Waals surface area contributed by atoms with Gasteiger partial charge >= 0.3 is 0 Å². The Morgan fingerprint density at radius 2 is 2.21 bits per heavy atom. The zero-order valence-corrected chi connectivity index (χ0v) is 12.3. The zero-order valence-electron chi connectivity index (χ0n) is 12.3. The van der Waals surface area contributed by atoms with Crippen molar-refractivity contribution in [3.05, 3.63) is 24.0 Å². The first-order valence-electron chi connectivity index (χ1n) is 7.36. The molecular formula is C16H25N3. The molecule has 0 spiro atoms. The van der Waals surface area contributed by atoms with Gasteiger partial charge in [0.05, 0.1) is 6.07 Å². The second-order valence-electron chi connectivity index (χ2n) is 6.23. The Hall–Kier alpha value is -1.27. The van der Waals surface area contributed by atoms with Crippen molar-refractivity contribution < 1.29 is 0 Å².